The highest BCUT2D eigenvalue weighted by atomic mass is 32.2. The number of aromatic nitrogens is 2. The van der Waals surface area contributed by atoms with Gasteiger partial charge in [-0.05, 0) is 24.3 Å². The quantitative estimate of drug-likeness (QED) is 0.435. The second-order valence-corrected chi connectivity index (χ2v) is 6.24. The van der Waals surface area contributed by atoms with Crippen molar-refractivity contribution in [3.8, 4) is 0 Å². The summed E-state index contributed by atoms with van der Waals surface area (Å²) in [4.78, 5) is 10.0. The number of hydrogen-bond acceptors (Lipinski definition) is 6. The first-order chi connectivity index (χ1) is 11.7. The fourth-order valence-electron chi connectivity index (χ4n) is 2.56. The van der Waals surface area contributed by atoms with Crippen LogP contribution < -0.4 is 5.23 Å². The molecule has 0 aliphatic carbocycles. The maximum Gasteiger partial charge on any atom is 0.101 e. The second kappa shape index (κ2) is 6.09. The molecule has 5 nitrogen and oxygen atoms in total. The maximum atomic E-state index is 10.9. The van der Waals surface area contributed by atoms with Gasteiger partial charge in [0.2, 0.25) is 0 Å². The topological polar surface area (TPSA) is 72.3 Å². The van der Waals surface area contributed by atoms with Crippen LogP contribution in [0.25, 0.3) is 21.8 Å². The Morgan fingerprint density at radius 2 is 1.50 bits per heavy atom. The van der Waals surface area contributed by atoms with Gasteiger partial charge in [-0.2, -0.15) is 0 Å². The molecule has 1 N–H and O–H groups in total. The third-order valence-corrected chi connectivity index (χ3v) is 4.78. The summed E-state index contributed by atoms with van der Waals surface area (Å²) >= 11 is 1.51. The fraction of sp³-hybridized carbons (Fsp3) is 0. The monoisotopic (exact) mass is 334 g/mol. The number of rotatable bonds is 3. The molecule has 6 heteroatoms. The summed E-state index contributed by atoms with van der Waals surface area (Å²) < 4.78 is 0. The summed E-state index contributed by atoms with van der Waals surface area (Å²) in [5, 5.41) is 22.4. The van der Waals surface area contributed by atoms with Crippen molar-refractivity contribution in [3.63, 3.8) is 0 Å². The number of benzene rings is 2. The van der Waals surface area contributed by atoms with Gasteiger partial charge in [0.05, 0.1) is 22.9 Å². The standard InChI is InChI=1S/C18H12N3O2S/c22-21(23)12-9-10-17(19-11-12)24-18-13-5-1-3-7-15(13)20-16-8-4-2-6-14(16)18/h1-11,22H/q-1. The van der Waals surface area contributed by atoms with Crippen molar-refractivity contribution in [2.75, 3.05) is 5.23 Å². The van der Waals surface area contributed by atoms with Crippen LogP contribution in [0, 0.1) is 5.21 Å². The van der Waals surface area contributed by atoms with E-state index in [4.69, 9.17) is 10.2 Å². The first kappa shape index (κ1) is 14.9. The molecular weight excluding hydrogens is 322 g/mol. The summed E-state index contributed by atoms with van der Waals surface area (Å²) in [6.07, 6.45) is 1.35. The lowest BCUT2D eigenvalue weighted by Gasteiger charge is -2.20. The SMILES string of the molecule is [O-]N(O)c1ccc(Sc2c3ccccc3nc3ccccc23)nc1. The summed E-state index contributed by atoms with van der Waals surface area (Å²) in [5.74, 6) is 0. The lowest BCUT2D eigenvalue weighted by Crippen LogP contribution is -2.06. The van der Waals surface area contributed by atoms with Crippen molar-refractivity contribution in [3.05, 3.63) is 72.1 Å². The van der Waals surface area contributed by atoms with Crippen LogP contribution in [-0.2, 0) is 0 Å². The van der Waals surface area contributed by atoms with Crippen LogP contribution in [0.2, 0.25) is 0 Å². The first-order valence-corrected chi connectivity index (χ1v) is 8.11. The Balaban J connectivity index is 1.87. The molecule has 0 spiro atoms. The highest BCUT2D eigenvalue weighted by molar-refractivity contribution is 7.99. The first-order valence-electron chi connectivity index (χ1n) is 7.30. The van der Waals surface area contributed by atoms with Crippen molar-refractivity contribution in [2.45, 2.75) is 9.92 Å². The molecule has 118 valence electrons. The third-order valence-electron chi connectivity index (χ3n) is 3.69. The predicted octanol–water partition coefficient (Wildman–Crippen LogP) is 4.63. The van der Waals surface area contributed by atoms with Gasteiger partial charge in [0.15, 0.2) is 0 Å². The number of anilines is 1. The highest BCUT2D eigenvalue weighted by Gasteiger charge is 2.11. The van der Waals surface area contributed by atoms with E-state index in [1.165, 1.54) is 24.0 Å². The molecule has 2 heterocycles. The average molecular weight is 334 g/mol. The van der Waals surface area contributed by atoms with E-state index in [2.05, 4.69) is 4.98 Å². The third kappa shape index (κ3) is 2.67. The van der Waals surface area contributed by atoms with Crippen molar-refractivity contribution in [2.24, 2.45) is 0 Å². The molecule has 0 aliphatic rings. The van der Waals surface area contributed by atoms with Crippen LogP contribution in [0.3, 0.4) is 0 Å². The smallest absolute Gasteiger partial charge is 0.101 e. The van der Waals surface area contributed by atoms with E-state index in [9.17, 15) is 5.21 Å². The largest absolute Gasteiger partial charge is 0.733 e. The molecule has 0 saturated heterocycles. The zero-order chi connectivity index (χ0) is 16.5. The van der Waals surface area contributed by atoms with E-state index in [0.717, 1.165) is 31.7 Å². The molecule has 2 aromatic heterocycles. The van der Waals surface area contributed by atoms with Gasteiger partial charge in [0.25, 0.3) is 0 Å². The van der Waals surface area contributed by atoms with Crippen molar-refractivity contribution in [1.82, 2.24) is 9.97 Å². The number of hydrogen-bond donors (Lipinski definition) is 1. The van der Waals surface area contributed by atoms with Crippen LogP contribution in [0.5, 0.6) is 0 Å². The molecule has 2 aromatic carbocycles. The average Bonchev–Trinajstić information content (AvgIpc) is 2.62. The molecule has 4 aromatic rings. The van der Waals surface area contributed by atoms with Gasteiger partial charge in [-0.25, -0.2) is 9.97 Å². The van der Waals surface area contributed by atoms with Crippen LogP contribution in [-0.4, -0.2) is 15.2 Å². The summed E-state index contributed by atoms with van der Waals surface area (Å²) in [6, 6.07) is 19.2. The Morgan fingerprint density at radius 3 is 2.04 bits per heavy atom. The lowest BCUT2D eigenvalue weighted by molar-refractivity contribution is 0.296. The van der Waals surface area contributed by atoms with E-state index in [1.807, 2.05) is 48.5 Å². The Morgan fingerprint density at radius 1 is 0.875 bits per heavy atom. The van der Waals surface area contributed by atoms with Gasteiger partial charge >= 0.3 is 0 Å². The van der Waals surface area contributed by atoms with Crippen molar-refractivity contribution in [1.29, 1.82) is 0 Å². The minimum Gasteiger partial charge on any atom is -0.733 e. The highest BCUT2D eigenvalue weighted by Crippen LogP contribution is 2.37. The van der Waals surface area contributed by atoms with Gasteiger partial charge in [0, 0.05) is 15.7 Å². The Hall–Kier alpha value is -2.67. The van der Waals surface area contributed by atoms with Gasteiger partial charge in [-0.3, -0.25) is 5.21 Å². The maximum absolute atomic E-state index is 10.9. The molecule has 0 bridgehead atoms. The van der Waals surface area contributed by atoms with Crippen LogP contribution in [0.1, 0.15) is 0 Å². The molecule has 0 radical (unpaired) electrons. The predicted molar refractivity (Wildman–Crippen MR) is 95.2 cm³/mol. The van der Waals surface area contributed by atoms with E-state index in [-0.39, 0.29) is 10.9 Å². The van der Waals surface area contributed by atoms with Gasteiger partial charge in [-0.1, -0.05) is 48.2 Å². The fourth-order valence-corrected chi connectivity index (χ4v) is 3.58. The minimum atomic E-state index is -0.196. The minimum absolute atomic E-state index is 0.101. The number of para-hydroxylation sites is 2. The number of pyridine rings is 2. The molecule has 24 heavy (non-hydrogen) atoms. The van der Waals surface area contributed by atoms with Gasteiger partial charge < -0.3 is 10.4 Å². The van der Waals surface area contributed by atoms with E-state index >= 15 is 0 Å². The van der Waals surface area contributed by atoms with Crippen molar-refractivity contribution >= 4 is 39.3 Å². The summed E-state index contributed by atoms with van der Waals surface area (Å²) in [5.41, 5.74) is 1.96. The summed E-state index contributed by atoms with van der Waals surface area (Å²) in [7, 11) is 0. The Bertz CT molecular complexity index is 966. The van der Waals surface area contributed by atoms with Crippen molar-refractivity contribution < 1.29 is 5.21 Å². The van der Waals surface area contributed by atoms with E-state index < -0.39 is 0 Å². The number of nitrogens with zero attached hydrogens (tertiary/aromatic N) is 3. The number of fused-ring (bicyclic) bond motifs is 2. The molecule has 0 fully saturated rings. The molecule has 0 atom stereocenters. The van der Waals surface area contributed by atoms with Gasteiger partial charge in [0.1, 0.15) is 5.03 Å². The molecule has 0 saturated carbocycles. The van der Waals surface area contributed by atoms with Crippen LogP contribution in [0.15, 0.2) is 76.8 Å². The molecule has 4 rings (SSSR count). The van der Waals surface area contributed by atoms with Crippen LogP contribution >= 0.6 is 11.8 Å². The van der Waals surface area contributed by atoms with Gasteiger partial charge in [-0.15, -0.1) is 0 Å². The lowest BCUT2D eigenvalue weighted by atomic mass is 10.1. The zero-order valence-electron chi connectivity index (χ0n) is 12.5. The molecule has 0 unspecified atom stereocenters. The van der Waals surface area contributed by atoms with E-state index in [0.29, 0.717) is 0 Å². The Kier molecular flexibility index (Phi) is 3.78. The molecular formula is C18H12N3O2S-. The molecule has 0 aliphatic heterocycles. The summed E-state index contributed by atoms with van der Waals surface area (Å²) in [6.45, 7) is 0. The molecule has 0 amide bonds. The second-order valence-electron chi connectivity index (χ2n) is 5.20. The normalized spacial score (nSPS) is 11.1. The van der Waals surface area contributed by atoms with E-state index in [1.54, 1.807) is 6.07 Å². The van der Waals surface area contributed by atoms with Crippen LogP contribution in [0.4, 0.5) is 5.69 Å². The zero-order valence-corrected chi connectivity index (χ0v) is 13.3. The Labute approximate surface area is 142 Å².